The smallest absolute Gasteiger partial charge is 0.257 e. The fourth-order valence-corrected chi connectivity index (χ4v) is 1.47. The number of rotatable bonds is 3. The molecule has 1 rings (SSSR count). The lowest BCUT2D eigenvalue weighted by Gasteiger charge is -2.22. The summed E-state index contributed by atoms with van der Waals surface area (Å²) in [5, 5.41) is 0. The van der Waals surface area contributed by atoms with Crippen molar-refractivity contribution in [3.05, 3.63) is 12.7 Å². The highest BCUT2D eigenvalue weighted by atomic mass is 16.2. The van der Waals surface area contributed by atoms with Crippen LogP contribution in [0.4, 0.5) is 0 Å². The molecule has 0 aromatic heterocycles. The molecule has 1 aliphatic carbocycles. The van der Waals surface area contributed by atoms with Crippen molar-refractivity contribution in [3.63, 3.8) is 0 Å². The van der Waals surface area contributed by atoms with Gasteiger partial charge in [0, 0.05) is 6.04 Å². The summed E-state index contributed by atoms with van der Waals surface area (Å²) < 4.78 is 0. The molecule has 1 saturated carbocycles. The van der Waals surface area contributed by atoms with E-state index in [-0.39, 0.29) is 5.91 Å². The van der Waals surface area contributed by atoms with E-state index in [1.54, 1.807) is 0 Å². The van der Waals surface area contributed by atoms with Gasteiger partial charge in [0.2, 0.25) is 0 Å². The first-order valence-corrected chi connectivity index (χ1v) is 4.51. The number of nitrogens with one attached hydrogen (secondary N) is 2. The molecule has 0 atom stereocenters. The van der Waals surface area contributed by atoms with E-state index >= 15 is 0 Å². The van der Waals surface area contributed by atoms with Crippen LogP contribution in [0.25, 0.3) is 0 Å². The van der Waals surface area contributed by atoms with Gasteiger partial charge in [0.15, 0.2) is 0 Å². The van der Waals surface area contributed by atoms with Crippen LogP contribution in [0.5, 0.6) is 0 Å². The maximum absolute atomic E-state index is 10.8. The van der Waals surface area contributed by atoms with Gasteiger partial charge in [0.05, 0.1) is 0 Å². The number of hydrogen-bond acceptors (Lipinski definition) is 2. The molecule has 0 aromatic rings. The molecule has 68 valence electrons. The van der Waals surface area contributed by atoms with E-state index in [0.717, 1.165) is 12.8 Å². The van der Waals surface area contributed by atoms with Gasteiger partial charge in [-0.3, -0.25) is 10.2 Å². The number of hydrogen-bond donors (Lipinski definition) is 2. The zero-order valence-corrected chi connectivity index (χ0v) is 7.31. The van der Waals surface area contributed by atoms with Crippen LogP contribution < -0.4 is 10.9 Å². The van der Waals surface area contributed by atoms with Gasteiger partial charge in [0.1, 0.15) is 0 Å². The zero-order valence-electron chi connectivity index (χ0n) is 7.31. The second kappa shape index (κ2) is 4.93. The van der Waals surface area contributed by atoms with Crippen molar-refractivity contribution in [2.75, 3.05) is 0 Å². The summed E-state index contributed by atoms with van der Waals surface area (Å²) in [6.07, 6.45) is 7.46. The Morgan fingerprint density at radius 1 is 1.33 bits per heavy atom. The van der Waals surface area contributed by atoms with E-state index in [0.29, 0.717) is 6.04 Å². The van der Waals surface area contributed by atoms with E-state index < -0.39 is 0 Å². The fraction of sp³-hybridized carbons (Fsp3) is 0.667. The van der Waals surface area contributed by atoms with Crippen molar-refractivity contribution >= 4 is 5.91 Å². The zero-order chi connectivity index (χ0) is 8.81. The summed E-state index contributed by atoms with van der Waals surface area (Å²) in [6.45, 7) is 3.37. The highest BCUT2D eigenvalue weighted by Gasteiger charge is 2.12. The Hall–Kier alpha value is -0.830. The molecule has 0 aromatic carbocycles. The molecule has 0 bridgehead atoms. The average molecular weight is 168 g/mol. The summed E-state index contributed by atoms with van der Waals surface area (Å²) >= 11 is 0. The van der Waals surface area contributed by atoms with Crippen LogP contribution in [0.3, 0.4) is 0 Å². The summed E-state index contributed by atoms with van der Waals surface area (Å²) in [7, 11) is 0. The molecule has 12 heavy (non-hydrogen) atoms. The minimum Gasteiger partial charge on any atom is -0.288 e. The van der Waals surface area contributed by atoms with Crippen molar-refractivity contribution < 1.29 is 4.79 Å². The van der Waals surface area contributed by atoms with Crippen molar-refractivity contribution in [3.8, 4) is 0 Å². The van der Waals surface area contributed by atoms with Crippen LogP contribution >= 0.6 is 0 Å². The third-order valence-corrected chi connectivity index (χ3v) is 2.19. The normalized spacial score (nSPS) is 18.7. The first-order valence-electron chi connectivity index (χ1n) is 4.51. The summed E-state index contributed by atoms with van der Waals surface area (Å²) in [5.74, 6) is -0.152. The lowest BCUT2D eigenvalue weighted by molar-refractivity contribution is -0.117. The Morgan fingerprint density at radius 2 is 2.00 bits per heavy atom. The standard InChI is InChI=1S/C9H16N2O/c1-2-9(12)11-10-8-6-4-3-5-7-8/h2,8,10H,1,3-7H2,(H,11,12). The van der Waals surface area contributed by atoms with Crippen molar-refractivity contribution in [2.45, 2.75) is 38.1 Å². The van der Waals surface area contributed by atoms with E-state index in [1.165, 1.54) is 25.3 Å². The first kappa shape index (κ1) is 9.26. The SMILES string of the molecule is C=CC(=O)NNC1CCCCC1. The lowest BCUT2D eigenvalue weighted by atomic mass is 9.96. The van der Waals surface area contributed by atoms with E-state index in [9.17, 15) is 4.79 Å². The molecule has 0 unspecified atom stereocenters. The minimum absolute atomic E-state index is 0.152. The lowest BCUT2D eigenvalue weighted by Crippen LogP contribution is -2.44. The van der Waals surface area contributed by atoms with Gasteiger partial charge in [-0.1, -0.05) is 25.8 Å². The topological polar surface area (TPSA) is 41.1 Å². The first-order chi connectivity index (χ1) is 5.83. The molecular formula is C9H16N2O. The Bertz CT molecular complexity index is 162. The van der Waals surface area contributed by atoms with Crippen LogP contribution in [0.1, 0.15) is 32.1 Å². The molecular weight excluding hydrogens is 152 g/mol. The number of carbonyl (C=O) groups is 1. The molecule has 1 aliphatic rings. The average Bonchev–Trinajstić information content (AvgIpc) is 2.16. The van der Waals surface area contributed by atoms with Crippen LogP contribution in [0, 0.1) is 0 Å². The molecule has 0 saturated heterocycles. The van der Waals surface area contributed by atoms with Crippen molar-refractivity contribution in [1.29, 1.82) is 0 Å². The van der Waals surface area contributed by atoms with Gasteiger partial charge >= 0.3 is 0 Å². The summed E-state index contributed by atoms with van der Waals surface area (Å²) in [4.78, 5) is 10.8. The number of amides is 1. The molecule has 3 nitrogen and oxygen atoms in total. The Labute approximate surface area is 73.2 Å². The van der Waals surface area contributed by atoms with Gasteiger partial charge < -0.3 is 0 Å². The third-order valence-electron chi connectivity index (χ3n) is 2.19. The van der Waals surface area contributed by atoms with Crippen LogP contribution in [-0.2, 0) is 4.79 Å². The molecule has 3 heteroatoms. The van der Waals surface area contributed by atoms with E-state index in [2.05, 4.69) is 17.4 Å². The fourth-order valence-electron chi connectivity index (χ4n) is 1.47. The molecule has 1 amide bonds. The maximum atomic E-state index is 10.8. The quantitative estimate of drug-likeness (QED) is 0.490. The summed E-state index contributed by atoms with van der Waals surface area (Å²) in [5.41, 5.74) is 5.60. The van der Waals surface area contributed by atoms with E-state index in [1.807, 2.05) is 0 Å². The Morgan fingerprint density at radius 3 is 2.58 bits per heavy atom. The van der Waals surface area contributed by atoms with Gasteiger partial charge in [0.25, 0.3) is 5.91 Å². The maximum Gasteiger partial charge on any atom is 0.257 e. The molecule has 0 aliphatic heterocycles. The summed E-state index contributed by atoms with van der Waals surface area (Å²) in [6, 6.07) is 0.461. The van der Waals surface area contributed by atoms with Crippen molar-refractivity contribution in [1.82, 2.24) is 10.9 Å². The highest BCUT2D eigenvalue weighted by molar-refractivity contribution is 5.86. The van der Waals surface area contributed by atoms with E-state index in [4.69, 9.17) is 0 Å². The van der Waals surface area contributed by atoms with Gasteiger partial charge in [-0.25, -0.2) is 5.43 Å². The number of hydrazine groups is 1. The molecule has 0 spiro atoms. The van der Waals surface area contributed by atoms with Gasteiger partial charge in [-0.05, 0) is 18.9 Å². The predicted molar refractivity (Wildman–Crippen MR) is 48.3 cm³/mol. The molecule has 0 radical (unpaired) electrons. The largest absolute Gasteiger partial charge is 0.288 e. The highest BCUT2D eigenvalue weighted by Crippen LogP contribution is 2.16. The van der Waals surface area contributed by atoms with Crippen LogP contribution in [-0.4, -0.2) is 11.9 Å². The van der Waals surface area contributed by atoms with Crippen molar-refractivity contribution in [2.24, 2.45) is 0 Å². The minimum atomic E-state index is -0.152. The second-order valence-corrected chi connectivity index (χ2v) is 3.17. The monoisotopic (exact) mass is 168 g/mol. The van der Waals surface area contributed by atoms with Crippen LogP contribution in [0.15, 0.2) is 12.7 Å². The Balaban J connectivity index is 2.12. The predicted octanol–water partition coefficient (Wildman–Crippen LogP) is 1.13. The molecule has 1 fully saturated rings. The van der Waals surface area contributed by atoms with Crippen LogP contribution in [0.2, 0.25) is 0 Å². The van der Waals surface area contributed by atoms with Gasteiger partial charge in [-0.15, -0.1) is 0 Å². The van der Waals surface area contributed by atoms with Gasteiger partial charge in [-0.2, -0.15) is 0 Å². The third kappa shape index (κ3) is 3.05. The second-order valence-electron chi connectivity index (χ2n) is 3.17. The number of carbonyl (C=O) groups excluding carboxylic acids is 1. The Kier molecular flexibility index (Phi) is 3.80. The molecule has 0 heterocycles. The molecule has 2 N–H and O–H groups in total.